The predicted molar refractivity (Wildman–Crippen MR) is 98.6 cm³/mol. The Labute approximate surface area is 152 Å². The van der Waals surface area contributed by atoms with Gasteiger partial charge in [-0.05, 0) is 25.0 Å². The van der Waals surface area contributed by atoms with Crippen LogP contribution in [0.15, 0.2) is 24.3 Å². The molecule has 1 fully saturated rings. The zero-order valence-electron chi connectivity index (χ0n) is 14.2. The maximum atomic E-state index is 12.7. The first-order chi connectivity index (χ1) is 12.2. The number of fused-ring (bicyclic) bond motifs is 1. The minimum Gasteiger partial charge on any atom is -0.335 e. The summed E-state index contributed by atoms with van der Waals surface area (Å²) >= 11 is 6.12. The molecule has 1 aromatic heterocycles. The summed E-state index contributed by atoms with van der Waals surface area (Å²) in [6.07, 6.45) is 6.73. The van der Waals surface area contributed by atoms with E-state index in [1.165, 1.54) is 19.3 Å². The molecule has 1 aliphatic carbocycles. The van der Waals surface area contributed by atoms with Gasteiger partial charge in [0.05, 0.1) is 12.2 Å². The predicted octanol–water partition coefficient (Wildman–Crippen LogP) is 4.13. The summed E-state index contributed by atoms with van der Waals surface area (Å²) in [5, 5.41) is 11.5. The van der Waals surface area contributed by atoms with Gasteiger partial charge in [-0.2, -0.15) is 5.10 Å². The average molecular weight is 359 g/mol. The zero-order valence-corrected chi connectivity index (χ0v) is 15.0. The van der Waals surface area contributed by atoms with Crippen LogP contribution in [0.3, 0.4) is 0 Å². The lowest BCUT2D eigenvalue weighted by Gasteiger charge is -2.30. The Morgan fingerprint density at radius 3 is 2.92 bits per heavy atom. The van der Waals surface area contributed by atoms with Crippen molar-refractivity contribution in [2.75, 3.05) is 6.54 Å². The molecule has 1 saturated carbocycles. The number of H-pyrrole nitrogens is 1. The number of benzene rings is 1. The highest BCUT2D eigenvalue weighted by molar-refractivity contribution is 6.30. The van der Waals surface area contributed by atoms with E-state index in [1.54, 1.807) is 0 Å². The van der Waals surface area contributed by atoms with E-state index in [1.807, 2.05) is 29.2 Å². The highest BCUT2D eigenvalue weighted by atomic mass is 35.5. The lowest BCUT2D eigenvalue weighted by Crippen LogP contribution is -2.47. The lowest BCUT2D eigenvalue weighted by atomic mass is 9.95. The fourth-order valence-electron chi connectivity index (χ4n) is 3.86. The van der Waals surface area contributed by atoms with Crippen molar-refractivity contribution in [3.05, 3.63) is 40.5 Å². The van der Waals surface area contributed by atoms with Gasteiger partial charge in [0.25, 0.3) is 0 Å². The van der Waals surface area contributed by atoms with Crippen molar-refractivity contribution in [3.8, 4) is 11.3 Å². The van der Waals surface area contributed by atoms with E-state index in [2.05, 4.69) is 15.5 Å². The topological polar surface area (TPSA) is 61.0 Å². The molecule has 5 nitrogen and oxygen atoms in total. The summed E-state index contributed by atoms with van der Waals surface area (Å²) < 4.78 is 0. The number of hydrogen-bond donors (Lipinski definition) is 2. The van der Waals surface area contributed by atoms with Crippen LogP contribution < -0.4 is 5.32 Å². The van der Waals surface area contributed by atoms with Gasteiger partial charge in [0.1, 0.15) is 0 Å². The quantitative estimate of drug-likeness (QED) is 0.847. The molecular weight excluding hydrogens is 336 g/mol. The number of hydrogen-bond acceptors (Lipinski definition) is 2. The number of aromatic nitrogens is 2. The van der Waals surface area contributed by atoms with E-state index in [0.29, 0.717) is 17.6 Å². The van der Waals surface area contributed by atoms with E-state index in [-0.39, 0.29) is 6.03 Å². The van der Waals surface area contributed by atoms with E-state index >= 15 is 0 Å². The van der Waals surface area contributed by atoms with Crippen LogP contribution in [0.4, 0.5) is 4.79 Å². The van der Waals surface area contributed by atoms with Gasteiger partial charge in [-0.15, -0.1) is 0 Å². The minimum atomic E-state index is 0.0517. The third kappa shape index (κ3) is 3.52. The summed E-state index contributed by atoms with van der Waals surface area (Å²) in [5.74, 6) is 0. The summed E-state index contributed by atoms with van der Waals surface area (Å²) in [5.41, 5.74) is 4.11. The Hall–Kier alpha value is -2.01. The van der Waals surface area contributed by atoms with E-state index in [0.717, 1.165) is 48.3 Å². The van der Waals surface area contributed by atoms with Crippen LogP contribution >= 0.6 is 11.6 Å². The van der Waals surface area contributed by atoms with Crippen molar-refractivity contribution in [2.24, 2.45) is 0 Å². The normalized spacial score (nSPS) is 18.0. The summed E-state index contributed by atoms with van der Waals surface area (Å²) in [4.78, 5) is 14.6. The van der Waals surface area contributed by atoms with Crippen LogP contribution in [0.2, 0.25) is 5.02 Å². The SMILES string of the molecule is O=C(NC1CCCCC1)N1CCc2[nH]nc(-c3cccc(Cl)c3)c2C1. The second kappa shape index (κ2) is 7.08. The molecule has 2 amide bonds. The van der Waals surface area contributed by atoms with Gasteiger partial charge in [0.15, 0.2) is 0 Å². The first-order valence-corrected chi connectivity index (χ1v) is 9.46. The van der Waals surface area contributed by atoms with Gasteiger partial charge in [0, 0.05) is 40.9 Å². The standard InChI is InChI=1S/C19H23ClN4O/c20-14-6-4-5-13(11-14)18-16-12-24(10-9-17(16)22-23-18)19(25)21-15-7-2-1-3-8-15/h4-6,11,15H,1-3,7-10,12H2,(H,21,25)(H,22,23). The highest BCUT2D eigenvalue weighted by Gasteiger charge is 2.27. The number of nitrogens with zero attached hydrogens (tertiary/aromatic N) is 2. The highest BCUT2D eigenvalue weighted by Crippen LogP contribution is 2.30. The van der Waals surface area contributed by atoms with Crippen LogP contribution in [-0.2, 0) is 13.0 Å². The second-order valence-corrected chi connectivity index (χ2v) is 7.43. The number of aromatic amines is 1. The first kappa shape index (κ1) is 16.5. The molecule has 0 radical (unpaired) electrons. The van der Waals surface area contributed by atoms with E-state index in [9.17, 15) is 4.79 Å². The molecule has 6 heteroatoms. The third-order valence-corrected chi connectivity index (χ3v) is 5.49. The molecular formula is C19H23ClN4O. The Kier molecular flexibility index (Phi) is 4.66. The van der Waals surface area contributed by atoms with Gasteiger partial charge in [-0.25, -0.2) is 4.79 Å². The van der Waals surface area contributed by atoms with Crippen LogP contribution in [0.25, 0.3) is 11.3 Å². The van der Waals surface area contributed by atoms with Gasteiger partial charge in [-0.3, -0.25) is 5.10 Å². The molecule has 0 unspecified atom stereocenters. The summed E-state index contributed by atoms with van der Waals surface area (Å²) in [6.45, 7) is 1.31. The number of rotatable bonds is 2. The van der Waals surface area contributed by atoms with Crippen molar-refractivity contribution < 1.29 is 4.79 Å². The molecule has 2 aromatic rings. The Balaban J connectivity index is 1.50. The fourth-order valence-corrected chi connectivity index (χ4v) is 4.05. The summed E-state index contributed by atoms with van der Waals surface area (Å²) in [7, 11) is 0. The number of urea groups is 1. The maximum absolute atomic E-state index is 12.7. The van der Waals surface area contributed by atoms with Crippen molar-refractivity contribution >= 4 is 17.6 Å². The number of nitrogens with one attached hydrogen (secondary N) is 2. The molecule has 25 heavy (non-hydrogen) atoms. The molecule has 0 saturated heterocycles. The van der Waals surface area contributed by atoms with Crippen molar-refractivity contribution in [3.63, 3.8) is 0 Å². The van der Waals surface area contributed by atoms with Crippen LogP contribution in [0.1, 0.15) is 43.4 Å². The molecule has 0 spiro atoms. The molecule has 0 bridgehead atoms. The molecule has 0 atom stereocenters. The lowest BCUT2D eigenvalue weighted by molar-refractivity contribution is 0.184. The molecule has 2 aliphatic rings. The van der Waals surface area contributed by atoms with E-state index < -0.39 is 0 Å². The average Bonchev–Trinajstić information content (AvgIpc) is 3.05. The Bertz CT molecular complexity index is 767. The largest absolute Gasteiger partial charge is 0.335 e. The molecule has 2 N–H and O–H groups in total. The van der Waals surface area contributed by atoms with Crippen molar-refractivity contribution in [1.82, 2.24) is 20.4 Å². The summed E-state index contributed by atoms with van der Waals surface area (Å²) in [6, 6.07) is 8.08. The third-order valence-electron chi connectivity index (χ3n) is 5.25. The smallest absolute Gasteiger partial charge is 0.317 e. The Morgan fingerprint density at radius 2 is 2.12 bits per heavy atom. The van der Waals surface area contributed by atoms with Crippen molar-refractivity contribution in [1.29, 1.82) is 0 Å². The van der Waals surface area contributed by atoms with Crippen LogP contribution in [0.5, 0.6) is 0 Å². The van der Waals surface area contributed by atoms with Crippen molar-refractivity contribution in [2.45, 2.75) is 51.1 Å². The molecule has 1 aliphatic heterocycles. The second-order valence-electron chi connectivity index (χ2n) is 7.00. The Morgan fingerprint density at radius 1 is 1.28 bits per heavy atom. The van der Waals surface area contributed by atoms with Gasteiger partial charge >= 0.3 is 6.03 Å². The van der Waals surface area contributed by atoms with Crippen LogP contribution in [-0.4, -0.2) is 33.7 Å². The van der Waals surface area contributed by atoms with E-state index in [4.69, 9.17) is 11.6 Å². The van der Waals surface area contributed by atoms with Gasteiger partial charge < -0.3 is 10.2 Å². The number of carbonyl (C=O) groups is 1. The molecule has 4 rings (SSSR count). The first-order valence-electron chi connectivity index (χ1n) is 9.08. The maximum Gasteiger partial charge on any atom is 0.317 e. The van der Waals surface area contributed by atoms with Crippen LogP contribution in [0, 0.1) is 0 Å². The fraction of sp³-hybridized carbons (Fsp3) is 0.474. The molecule has 2 heterocycles. The van der Waals surface area contributed by atoms with Gasteiger partial charge in [0.2, 0.25) is 0 Å². The van der Waals surface area contributed by atoms with Gasteiger partial charge in [-0.1, -0.05) is 43.0 Å². The molecule has 1 aromatic carbocycles. The number of carbonyl (C=O) groups excluding carboxylic acids is 1. The molecule has 132 valence electrons. The zero-order chi connectivity index (χ0) is 17.2. The monoisotopic (exact) mass is 358 g/mol. The number of amides is 2. The minimum absolute atomic E-state index is 0.0517. The number of halogens is 1.